The zero-order chi connectivity index (χ0) is 12.8. The Bertz CT molecular complexity index is 762. The van der Waals surface area contributed by atoms with Crippen LogP contribution in [0.3, 0.4) is 0 Å². The summed E-state index contributed by atoms with van der Waals surface area (Å²) in [5.41, 5.74) is 5.08. The van der Waals surface area contributed by atoms with Gasteiger partial charge in [-0.05, 0) is 38.0 Å². The summed E-state index contributed by atoms with van der Waals surface area (Å²) in [6.07, 6.45) is 3.97. The summed E-state index contributed by atoms with van der Waals surface area (Å²) in [6.45, 7) is 1.98. The second-order valence-electron chi connectivity index (χ2n) is 4.84. The summed E-state index contributed by atoms with van der Waals surface area (Å²) in [6, 6.07) is 7.84. The van der Waals surface area contributed by atoms with Gasteiger partial charge in [-0.2, -0.15) is 0 Å². The number of hydrogen-bond acceptors (Lipinski definition) is 3. The Morgan fingerprint density at radius 2 is 2.05 bits per heavy atom. The molecule has 1 aromatic carbocycles. The number of aryl methyl sites for hydroxylation is 2. The third kappa shape index (κ3) is 1.68. The monoisotopic (exact) mass is 251 g/mol. The number of allylic oxidation sites excluding steroid dienone is 1. The lowest BCUT2D eigenvalue weighted by atomic mass is 10.0. The molecule has 0 spiro atoms. The van der Waals surface area contributed by atoms with E-state index in [1.165, 1.54) is 5.69 Å². The molecule has 0 bridgehead atoms. The minimum atomic E-state index is 0.715. The average molecular weight is 251 g/mol. The maximum absolute atomic E-state index is 5.81. The third-order valence-corrected chi connectivity index (χ3v) is 3.45. The molecule has 0 atom stereocenters. The number of hydrogen-bond donors (Lipinski definition) is 1. The molecule has 0 saturated heterocycles. The lowest BCUT2D eigenvalue weighted by Gasteiger charge is -2.08. The van der Waals surface area contributed by atoms with Crippen molar-refractivity contribution >= 4 is 22.7 Å². The van der Waals surface area contributed by atoms with Crippen molar-refractivity contribution in [3.63, 3.8) is 0 Å². The minimum Gasteiger partial charge on any atom is -0.436 e. The molecule has 3 aromatic rings. The SMILES string of the molecule is Cc1nc2c([nH]1)CCC(c1nc3ccccc3o1)=C2. The molecule has 0 amide bonds. The highest BCUT2D eigenvalue weighted by molar-refractivity contribution is 5.83. The highest BCUT2D eigenvalue weighted by Gasteiger charge is 2.18. The molecule has 4 rings (SSSR count). The molecule has 0 radical (unpaired) electrons. The number of para-hydroxylation sites is 2. The van der Waals surface area contributed by atoms with Gasteiger partial charge in [0, 0.05) is 11.3 Å². The van der Waals surface area contributed by atoms with Crippen molar-refractivity contribution < 1.29 is 4.42 Å². The van der Waals surface area contributed by atoms with Crippen molar-refractivity contribution in [3.8, 4) is 0 Å². The molecule has 0 aliphatic heterocycles. The Kier molecular flexibility index (Phi) is 2.12. The number of fused-ring (bicyclic) bond motifs is 2. The van der Waals surface area contributed by atoms with E-state index in [4.69, 9.17) is 4.42 Å². The predicted molar refractivity (Wildman–Crippen MR) is 73.5 cm³/mol. The fourth-order valence-corrected chi connectivity index (χ4v) is 2.54. The number of nitrogens with zero attached hydrogens (tertiary/aromatic N) is 2. The van der Waals surface area contributed by atoms with Gasteiger partial charge < -0.3 is 9.40 Å². The van der Waals surface area contributed by atoms with Gasteiger partial charge >= 0.3 is 0 Å². The van der Waals surface area contributed by atoms with Gasteiger partial charge in [0.25, 0.3) is 0 Å². The molecule has 19 heavy (non-hydrogen) atoms. The third-order valence-electron chi connectivity index (χ3n) is 3.45. The van der Waals surface area contributed by atoms with E-state index in [-0.39, 0.29) is 0 Å². The van der Waals surface area contributed by atoms with Crippen molar-refractivity contribution in [2.45, 2.75) is 19.8 Å². The molecule has 2 heterocycles. The average Bonchev–Trinajstić information content (AvgIpc) is 2.99. The summed E-state index contributed by atoms with van der Waals surface area (Å²) >= 11 is 0. The number of H-pyrrole nitrogens is 1. The van der Waals surface area contributed by atoms with Crippen molar-refractivity contribution in [3.05, 3.63) is 47.4 Å². The first-order valence-corrected chi connectivity index (χ1v) is 6.41. The van der Waals surface area contributed by atoms with Gasteiger partial charge in [-0.1, -0.05) is 12.1 Å². The van der Waals surface area contributed by atoms with E-state index in [1.807, 2.05) is 31.2 Å². The van der Waals surface area contributed by atoms with Gasteiger partial charge in [-0.15, -0.1) is 0 Å². The quantitative estimate of drug-likeness (QED) is 0.721. The lowest BCUT2D eigenvalue weighted by Crippen LogP contribution is -1.98. The Hall–Kier alpha value is -2.36. The van der Waals surface area contributed by atoms with Crippen LogP contribution in [0.2, 0.25) is 0 Å². The van der Waals surface area contributed by atoms with E-state index in [0.717, 1.165) is 41.0 Å². The molecule has 1 aliphatic carbocycles. The number of nitrogens with one attached hydrogen (secondary N) is 1. The van der Waals surface area contributed by atoms with Crippen LogP contribution in [0.15, 0.2) is 28.7 Å². The number of imidazole rings is 1. The summed E-state index contributed by atoms with van der Waals surface area (Å²) in [7, 11) is 0. The van der Waals surface area contributed by atoms with E-state index in [2.05, 4.69) is 21.0 Å². The molecule has 0 saturated carbocycles. The Labute approximate surface area is 110 Å². The summed E-state index contributed by atoms with van der Waals surface area (Å²) in [5, 5.41) is 0. The molecule has 1 N–H and O–H groups in total. The van der Waals surface area contributed by atoms with Crippen LogP contribution in [-0.4, -0.2) is 15.0 Å². The molecule has 0 unspecified atom stereocenters. The van der Waals surface area contributed by atoms with Crippen LogP contribution in [0.1, 0.15) is 29.5 Å². The first-order valence-electron chi connectivity index (χ1n) is 6.41. The molecular formula is C15H13N3O. The van der Waals surface area contributed by atoms with E-state index >= 15 is 0 Å². The lowest BCUT2D eigenvalue weighted by molar-refractivity contribution is 0.580. The van der Waals surface area contributed by atoms with Gasteiger partial charge in [0.05, 0.1) is 5.69 Å². The van der Waals surface area contributed by atoms with Crippen LogP contribution in [0.5, 0.6) is 0 Å². The second kappa shape index (κ2) is 3.82. The maximum atomic E-state index is 5.81. The van der Waals surface area contributed by atoms with Crippen LogP contribution in [0.4, 0.5) is 0 Å². The fraction of sp³-hybridized carbons (Fsp3) is 0.200. The largest absolute Gasteiger partial charge is 0.436 e. The van der Waals surface area contributed by atoms with E-state index in [0.29, 0.717) is 5.89 Å². The second-order valence-corrected chi connectivity index (χ2v) is 4.84. The highest BCUT2D eigenvalue weighted by atomic mass is 16.3. The number of benzene rings is 1. The van der Waals surface area contributed by atoms with Gasteiger partial charge in [0.2, 0.25) is 5.89 Å². The zero-order valence-corrected chi connectivity index (χ0v) is 10.6. The number of oxazole rings is 1. The van der Waals surface area contributed by atoms with Crippen LogP contribution in [0.25, 0.3) is 22.7 Å². The normalized spacial score (nSPS) is 14.5. The van der Waals surface area contributed by atoms with Gasteiger partial charge in [0.1, 0.15) is 11.3 Å². The smallest absolute Gasteiger partial charge is 0.223 e. The molecule has 2 aromatic heterocycles. The van der Waals surface area contributed by atoms with E-state index < -0.39 is 0 Å². The number of aromatic amines is 1. The van der Waals surface area contributed by atoms with Crippen LogP contribution in [0, 0.1) is 6.92 Å². The first-order chi connectivity index (χ1) is 9.29. The van der Waals surface area contributed by atoms with Crippen LogP contribution >= 0.6 is 0 Å². The van der Waals surface area contributed by atoms with E-state index in [9.17, 15) is 0 Å². The molecule has 1 aliphatic rings. The topological polar surface area (TPSA) is 54.7 Å². The van der Waals surface area contributed by atoms with E-state index in [1.54, 1.807) is 0 Å². The van der Waals surface area contributed by atoms with Crippen molar-refractivity contribution in [2.75, 3.05) is 0 Å². The van der Waals surface area contributed by atoms with Crippen LogP contribution in [-0.2, 0) is 6.42 Å². The standard InChI is InChI=1S/C15H13N3O/c1-9-16-11-7-6-10(8-13(11)17-9)15-18-12-4-2-3-5-14(12)19-15/h2-5,8H,6-7H2,1H3,(H,16,17). The van der Waals surface area contributed by atoms with Crippen molar-refractivity contribution in [2.24, 2.45) is 0 Å². The van der Waals surface area contributed by atoms with Crippen molar-refractivity contribution in [1.29, 1.82) is 0 Å². The van der Waals surface area contributed by atoms with Gasteiger partial charge in [0.15, 0.2) is 5.58 Å². The molecule has 0 fully saturated rings. The first kappa shape index (κ1) is 10.6. The highest BCUT2D eigenvalue weighted by Crippen LogP contribution is 2.30. The summed E-state index contributed by atoms with van der Waals surface area (Å²) < 4.78 is 5.81. The molecule has 4 nitrogen and oxygen atoms in total. The summed E-state index contributed by atoms with van der Waals surface area (Å²) in [4.78, 5) is 12.3. The number of aromatic nitrogens is 3. The van der Waals surface area contributed by atoms with Gasteiger partial charge in [-0.3, -0.25) is 0 Å². The molecular weight excluding hydrogens is 238 g/mol. The Morgan fingerprint density at radius 3 is 2.95 bits per heavy atom. The molecule has 4 heteroatoms. The minimum absolute atomic E-state index is 0.715. The molecule has 94 valence electrons. The fourth-order valence-electron chi connectivity index (χ4n) is 2.54. The summed E-state index contributed by atoms with van der Waals surface area (Å²) in [5.74, 6) is 1.67. The number of rotatable bonds is 1. The zero-order valence-electron chi connectivity index (χ0n) is 10.6. The van der Waals surface area contributed by atoms with Crippen LogP contribution < -0.4 is 0 Å². The predicted octanol–water partition coefficient (Wildman–Crippen LogP) is 3.35. The van der Waals surface area contributed by atoms with Crippen molar-refractivity contribution in [1.82, 2.24) is 15.0 Å². The Balaban J connectivity index is 1.82. The Morgan fingerprint density at radius 1 is 1.16 bits per heavy atom. The maximum Gasteiger partial charge on any atom is 0.223 e. The van der Waals surface area contributed by atoms with Gasteiger partial charge in [-0.25, -0.2) is 9.97 Å².